The summed E-state index contributed by atoms with van der Waals surface area (Å²) >= 11 is 0. The van der Waals surface area contributed by atoms with Crippen LogP contribution in [0.25, 0.3) is 0 Å². The average Bonchev–Trinajstić information content (AvgIpc) is 2.36. The molecule has 0 aromatic heterocycles. The van der Waals surface area contributed by atoms with E-state index in [1.807, 2.05) is 19.1 Å². The number of anilines is 1. The van der Waals surface area contributed by atoms with E-state index in [1.165, 1.54) is 12.8 Å². The van der Waals surface area contributed by atoms with Gasteiger partial charge in [0.05, 0.1) is 0 Å². The van der Waals surface area contributed by atoms with E-state index in [1.54, 1.807) is 6.07 Å². The molecule has 1 unspecified atom stereocenters. The molecule has 110 valence electrons. The highest BCUT2D eigenvalue weighted by molar-refractivity contribution is 5.94. The molecule has 1 amide bonds. The van der Waals surface area contributed by atoms with Crippen molar-refractivity contribution < 1.29 is 4.79 Å². The van der Waals surface area contributed by atoms with Crippen LogP contribution in [0.4, 0.5) is 5.69 Å². The predicted octanol–water partition coefficient (Wildman–Crippen LogP) is 2.28. The topological polar surface area (TPSA) is 67.2 Å². The third kappa shape index (κ3) is 3.31. The number of hydrogen-bond acceptors (Lipinski definition) is 3. The van der Waals surface area contributed by atoms with Crippen LogP contribution in [-0.4, -0.2) is 25.0 Å². The van der Waals surface area contributed by atoms with E-state index < -0.39 is 0 Å². The number of carbonyl (C=O) groups is 1. The minimum Gasteiger partial charge on any atom is -0.383 e. The number of carbonyl (C=O) groups excluding carboxylic acids is 1. The molecule has 1 saturated heterocycles. The van der Waals surface area contributed by atoms with Crippen LogP contribution in [0.5, 0.6) is 0 Å². The molecule has 1 fully saturated rings. The highest BCUT2D eigenvalue weighted by atomic mass is 16.1. The maximum Gasteiger partial charge on any atom is 0.248 e. The SMILES string of the molecule is Cc1cc(NCC2NCCCC2(C)C)ccc1C(N)=O. The molecule has 0 radical (unpaired) electrons. The Morgan fingerprint density at radius 3 is 2.85 bits per heavy atom. The zero-order valence-corrected chi connectivity index (χ0v) is 12.6. The molecule has 0 spiro atoms. The first-order chi connectivity index (χ1) is 9.40. The quantitative estimate of drug-likeness (QED) is 0.789. The zero-order valence-electron chi connectivity index (χ0n) is 12.6. The lowest BCUT2D eigenvalue weighted by molar-refractivity contribution is 0.1000. The molecule has 4 nitrogen and oxygen atoms in total. The summed E-state index contributed by atoms with van der Waals surface area (Å²) in [5.74, 6) is -0.371. The Morgan fingerprint density at radius 1 is 1.50 bits per heavy atom. The number of piperidine rings is 1. The van der Waals surface area contributed by atoms with Gasteiger partial charge in [-0.15, -0.1) is 0 Å². The van der Waals surface area contributed by atoms with Crippen molar-refractivity contribution in [1.29, 1.82) is 0 Å². The van der Waals surface area contributed by atoms with Crippen LogP contribution in [0, 0.1) is 12.3 Å². The second-order valence-electron chi connectivity index (χ2n) is 6.37. The fourth-order valence-corrected chi connectivity index (χ4v) is 2.89. The van der Waals surface area contributed by atoms with Gasteiger partial charge in [-0.1, -0.05) is 13.8 Å². The lowest BCUT2D eigenvalue weighted by Gasteiger charge is -2.39. The number of amides is 1. The van der Waals surface area contributed by atoms with Crippen LogP contribution in [-0.2, 0) is 0 Å². The van der Waals surface area contributed by atoms with Gasteiger partial charge in [-0.05, 0) is 55.5 Å². The van der Waals surface area contributed by atoms with Crippen LogP contribution in [0.3, 0.4) is 0 Å². The molecule has 1 aliphatic rings. The van der Waals surface area contributed by atoms with Gasteiger partial charge < -0.3 is 16.4 Å². The summed E-state index contributed by atoms with van der Waals surface area (Å²) in [6.45, 7) is 8.52. The Morgan fingerprint density at radius 2 is 2.25 bits per heavy atom. The van der Waals surface area contributed by atoms with Crippen LogP contribution in [0.1, 0.15) is 42.6 Å². The highest BCUT2D eigenvalue weighted by Gasteiger charge is 2.31. The standard InChI is InChI=1S/C16H25N3O/c1-11-9-12(5-6-13(11)15(17)20)19-10-14-16(2,3)7-4-8-18-14/h5-6,9,14,18-19H,4,7-8,10H2,1-3H3,(H2,17,20). The number of aryl methyl sites for hydroxylation is 1. The monoisotopic (exact) mass is 275 g/mol. The number of rotatable bonds is 4. The highest BCUT2D eigenvalue weighted by Crippen LogP contribution is 2.30. The summed E-state index contributed by atoms with van der Waals surface area (Å²) in [7, 11) is 0. The molecule has 20 heavy (non-hydrogen) atoms. The third-order valence-corrected chi connectivity index (χ3v) is 4.33. The Hall–Kier alpha value is -1.55. The van der Waals surface area contributed by atoms with Gasteiger partial charge in [-0.2, -0.15) is 0 Å². The molecular weight excluding hydrogens is 250 g/mol. The summed E-state index contributed by atoms with van der Waals surface area (Å²) in [4.78, 5) is 11.2. The van der Waals surface area contributed by atoms with Crippen LogP contribution in [0.15, 0.2) is 18.2 Å². The molecule has 4 N–H and O–H groups in total. The fourth-order valence-electron chi connectivity index (χ4n) is 2.89. The largest absolute Gasteiger partial charge is 0.383 e. The maximum absolute atomic E-state index is 11.2. The summed E-state index contributed by atoms with van der Waals surface area (Å²) in [6, 6.07) is 6.16. The molecule has 1 aromatic carbocycles. The van der Waals surface area contributed by atoms with Gasteiger partial charge in [0.15, 0.2) is 0 Å². The van der Waals surface area contributed by atoms with Crippen LogP contribution in [0.2, 0.25) is 0 Å². The van der Waals surface area contributed by atoms with E-state index in [-0.39, 0.29) is 5.91 Å². The van der Waals surface area contributed by atoms with Gasteiger partial charge in [0, 0.05) is 23.8 Å². The second kappa shape index (κ2) is 5.83. The van der Waals surface area contributed by atoms with Crippen molar-refractivity contribution in [2.24, 2.45) is 11.1 Å². The van der Waals surface area contributed by atoms with Gasteiger partial charge >= 0.3 is 0 Å². The van der Waals surface area contributed by atoms with E-state index in [9.17, 15) is 4.79 Å². The van der Waals surface area contributed by atoms with Crippen molar-refractivity contribution in [3.63, 3.8) is 0 Å². The van der Waals surface area contributed by atoms with E-state index in [2.05, 4.69) is 24.5 Å². The van der Waals surface area contributed by atoms with E-state index in [0.717, 1.165) is 24.3 Å². The van der Waals surface area contributed by atoms with Gasteiger partial charge in [-0.3, -0.25) is 4.79 Å². The summed E-state index contributed by atoms with van der Waals surface area (Å²) in [5.41, 5.74) is 8.18. The zero-order chi connectivity index (χ0) is 14.8. The maximum atomic E-state index is 11.2. The molecule has 1 atom stereocenters. The van der Waals surface area contributed by atoms with Crippen molar-refractivity contribution in [3.8, 4) is 0 Å². The summed E-state index contributed by atoms with van der Waals surface area (Å²) in [5, 5.41) is 7.05. The van der Waals surface area contributed by atoms with E-state index in [4.69, 9.17) is 5.73 Å². The Bertz CT molecular complexity index is 496. The number of hydrogen-bond donors (Lipinski definition) is 3. The van der Waals surface area contributed by atoms with E-state index >= 15 is 0 Å². The first kappa shape index (κ1) is 14.9. The Labute approximate surface area is 121 Å². The van der Waals surface area contributed by atoms with Crippen molar-refractivity contribution in [2.45, 2.75) is 39.7 Å². The lowest BCUT2D eigenvalue weighted by Crippen LogP contribution is -2.50. The van der Waals surface area contributed by atoms with Crippen molar-refractivity contribution in [3.05, 3.63) is 29.3 Å². The van der Waals surface area contributed by atoms with Crippen molar-refractivity contribution in [1.82, 2.24) is 5.32 Å². The number of benzene rings is 1. The first-order valence-electron chi connectivity index (χ1n) is 7.28. The van der Waals surface area contributed by atoms with Crippen LogP contribution < -0.4 is 16.4 Å². The molecule has 4 heteroatoms. The average molecular weight is 275 g/mol. The van der Waals surface area contributed by atoms with Gasteiger partial charge in [0.2, 0.25) is 5.91 Å². The first-order valence-corrected chi connectivity index (χ1v) is 7.28. The number of nitrogens with one attached hydrogen (secondary N) is 2. The smallest absolute Gasteiger partial charge is 0.248 e. The van der Waals surface area contributed by atoms with Gasteiger partial charge in [-0.25, -0.2) is 0 Å². The molecule has 1 aromatic rings. The minimum absolute atomic E-state index is 0.313. The Kier molecular flexibility index (Phi) is 4.33. The molecule has 0 bridgehead atoms. The van der Waals surface area contributed by atoms with Gasteiger partial charge in [0.1, 0.15) is 0 Å². The molecule has 0 saturated carbocycles. The summed E-state index contributed by atoms with van der Waals surface area (Å²) < 4.78 is 0. The summed E-state index contributed by atoms with van der Waals surface area (Å²) in [6.07, 6.45) is 2.50. The predicted molar refractivity (Wildman–Crippen MR) is 83.0 cm³/mol. The minimum atomic E-state index is -0.371. The number of primary amides is 1. The molecular formula is C16H25N3O. The molecule has 1 aliphatic heterocycles. The van der Waals surface area contributed by atoms with Crippen molar-refractivity contribution in [2.75, 3.05) is 18.4 Å². The molecule has 1 heterocycles. The third-order valence-electron chi connectivity index (χ3n) is 4.33. The fraction of sp³-hybridized carbons (Fsp3) is 0.562. The van der Waals surface area contributed by atoms with Crippen molar-refractivity contribution >= 4 is 11.6 Å². The normalized spacial score (nSPS) is 21.4. The number of nitrogens with two attached hydrogens (primary N) is 1. The van der Waals surface area contributed by atoms with Gasteiger partial charge in [0.25, 0.3) is 0 Å². The second-order valence-corrected chi connectivity index (χ2v) is 6.37. The molecule has 2 rings (SSSR count). The lowest BCUT2D eigenvalue weighted by atomic mass is 9.77. The van der Waals surface area contributed by atoms with Crippen LogP contribution >= 0.6 is 0 Å². The van der Waals surface area contributed by atoms with E-state index in [0.29, 0.717) is 17.0 Å². The molecule has 0 aliphatic carbocycles. The Balaban J connectivity index is 2.00.